The van der Waals surface area contributed by atoms with Crippen molar-refractivity contribution in [2.45, 2.75) is 5.09 Å². The Balaban J connectivity index is 1.60. The monoisotopic (exact) mass is 384 g/mol. The number of sulfonamides is 1. The molecule has 3 heterocycles. The van der Waals surface area contributed by atoms with Gasteiger partial charge in [0.25, 0.3) is 15.6 Å². The molecule has 2 N–H and O–H groups in total. The lowest BCUT2D eigenvalue weighted by atomic mass is 10.1. The molecule has 3 aromatic heterocycles. The third-order valence-corrected chi connectivity index (χ3v) is 4.87. The van der Waals surface area contributed by atoms with Crippen LogP contribution < -0.4 is 10.3 Å². The smallest absolute Gasteiger partial charge is 0.295 e. The fourth-order valence-corrected chi connectivity index (χ4v) is 3.37. The molecular weight excluding hydrogens is 372 g/mol. The van der Waals surface area contributed by atoms with Crippen molar-refractivity contribution < 1.29 is 17.4 Å². The zero-order chi connectivity index (χ0) is 18.9. The van der Waals surface area contributed by atoms with Crippen LogP contribution in [0.2, 0.25) is 0 Å². The van der Waals surface area contributed by atoms with E-state index < -0.39 is 10.0 Å². The molecule has 0 fully saturated rings. The Kier molecular flexibility index (Phi) is 4.09. The Morgan fingerprint density at radius 2 is 1.89 bits per heavy atom. The molecule has 0 amide bonds. The molecule has 27 heavy (non-hydrogen) atoms. The van der Waals surface area contributed by atoms with Crippen LogP contribution in [0.15, 0.2) is 79.6 Å². The standard InChI is InChI=1S/C17H12N4O5S/c22-16-6-4-13(19-20-16)15-5-7-17(25-15)27(23,24)21-12-3-1-2-11(10-12)14-8-9-18-26-14/h1-10,21H,(H,20,22). The number of aromatic amines is 1. The van der Waals surface area contributed by atoms with Crippen LogP contribution in [0.1, 0.15) is 0 Å². The summed E-state index contributed by atoms with van der Waals surface area (Å²) in [6.45, 7) is 0. The van der Waals surface area contributed by atoms with Crippen LogP contribution in [0.25, 0.3) is 22.8 Å². The number of aromatic nitrogens is 3. The van der Waals surface area contributed by atoms with Crippen LogP contribution in [-0.4, -0.2) is 23.8 Å². The van der Waals surface area contributed by atoms with E-state index in [2.05, 4.69) is 20.1 Å². The lowest BCUT2D eigenvalue weighted by Gasteiger charge is -2.06. The molecule has 0 unspecified atom stereocenters. The first-order valence-electron chi connectivity index (χ1n) is 7.71. The number of H-pyrrole nitrogens is 1. The first kappa shape index (κ1) is 16.8. The quantitative estimate of drug-likeness (QED) is 0.540. The van der Waals surface area contributed by atoms with E-state index in [0.717, 1.165) is 0 Å². The second kappa shape index (κ2) is 6.57. The average molecular weight is 384 g/mol. The zero-order valence-electron chi connectivity index (χ0n) is 13.6. The molecule has 0 aliphatic carbocycles. The number of rotatable bonds is 5. The van der Waals surface area contributed by atoms with Gasteiger partial charge in [0.1, 0.15) is 5.69 Å². The van der Waals surface area contributed by atoms with Gasteiger partial charge in [-0.25, -0.2) is 5.10 Å². The summed E-state index contributed by atoms with van der Waals surface area (Å²) in [7, 11) is -3.96. The van der Waals surface area contributed by atoms with Crippen LogP contribution in [0.4, 0.5) is 5.69 Å². The average Bonchev–Trinajstić information content (AvgIpc) is 3.35. The highest BCUT2D eigenvalue weighted by atomic mass is 32.2. The summed E-state index contributed by atoms with van der Waals surface area (Å²) in [5, 5.41) is 9.42. The van der Waals surface area contributed by atoms with Gasteiger partial charge in [-0.3, -0.25) is 9.52 Å². The Hall–Kier alpha value is -3.66. The van der Waals surface area contributed by atoms with E-state index in [1.165, 1.54) is 30.5 Å². The number of anilines is 1. The number of nitrogens with one attached hydrogen (secondary N) is 2. The van der Waals surface area contributed by atoms with Gasteiger partial charge in [-0.05, 0) is 30.3 Å². The molecule has 4 rings (SSSR count). The van der Waals surface area contributed by atoms with Crippen molar-refractivity contribution in [2.75, 3.05) is 4.72 Å². The first-order valence-corrected chi connectivity index (χ1v) is 9.19. The molecule has 0 saturated heterocycles. The first-order chi connectivity index (χ1) is 13.0. The fraction of sp³-hybridized carbons (Fsp3) is 0. The van der Waals surface area contributed by atoms with Gasteiger partial charge in [-0.15, -0.1) is 0 Å². The molecule has 1 aromatic carbocycles. The minimum Gasteiger partial charge on any atom is -0.441 e. The second-order valence-electron chi connectivity index (χ2n) is 5.49. The van der Waals surface area contributed by atoms with Crippen LogP contribution in [0.3, 0.4) is 0 Å². The van der Waals surface area contributed by atoms with E-state index in [-0.39, 0.29) is 16.4 Å². The van der Waals surface area contributed by atoms with Crippen molar-refractivity contribution in [3.63, 3.8) is 0 Å². The number of benzene rings is 1. The summed E-state index contributed by atoms with van der Waals surface area (Å²) in [4.78, 5) is 11.1. The van der Waals surface area contributed by atoms with Gasteiger partial charge in [-0.2, -0.15) is 13.5 Å². The van der Waals surface area contributed by atoms with Crippen molar-refractivity contribution in [2.24, 2.45) is 0 Å². The largest absolute Gasteiger partial charge is 0.441 e. The van der Waals surface area contributed by atoms with Gasteiger partial charge in [0.05, 0.1) is 6.20 Å². The van der Waals surface area contributed by atoms with Gasteiger partial charge in [0, 0.05) is 23.4 Å². The Morgan fingerprint density at radius 1 is 1.00 bits per heavy atom. The second-order valence-corrected chi connectivity index (χ2v) is 7.10. The molecule has 0 atom stereocenters. The summed E-state index contributed by atoms with van der Waals surface area (Å²) >= 11 is 0. The van der Waals surface area contributed by atoms with Crippen molar-refractivity contribution in [3.05, 3.63) is 71.1 Å². The van der Waals surface area contributed by atoms with Crippen LogP contribution >= 0.6 is 0 Å². The van der Waals surface area contributed by atoms with Crippen molar-refractivity contribution in [1.82, 2.24) is 15.4 Å². The molecule has 0 radical (unpaired) electrons. The van der Waals surface area contributed by atoms with Crippen LogP contribution in [0, 0.1) is 0 Å². The van der Waals surface area contributed by atoms with Crippen LogP contribution in [0.5, 0.6) is 0 Å². The van der Waals surface area contributed by atoms with Gasteiger partial charge < -0.3 is 8.94 Å². The summed E-state index contributed by atoms with van der Waals surface area (Å²) in [6.07, 6.45) is 1.50. The van der Waals surface area contributed by atoms with Crippen LogP contribution in [-0.2, 0) is 10.0 Å². The lowest BCUT2D eigenvalue weighted by molar-refractivity contribution is 0.432. The predicted molar refractivity (Wildman–Crippen MR) is 95.3 cm³/mol. The minimum atomic E-state index is -3.96. The molecule has 4 aromatic rings. The lowest BCUT2D eigenvalue weighted by Crippen LogP contribution is -2.12. The van der Waals surface area contributed by atoms with Gasteiger partial charge in [-0.1, -0.05) is 17.3 Å². The topological polar surface area (TPSA) is 131 Å². The van der Waals surface area contributed by atoms with Crippen molar-refractivity contribution in [1.29, 1.82) is 0 Å². The maximum atomic E-state index is 12.6. The predicted octanol–water partition coefficient (Wildman–Crippen LogP) is 2.49. The molecule has 0 saturated carbocycles. The molecule has 136 valence electrons. The minimum absolute atomic E-state index is 0.210. The van der Waals surface area contributed by atoms with E-state index >= 15 is 0 Å². The SMILES string of the molecule is O=c1ccc(-c2ccc(S(=O)(=O)Nc3cccc(-c4ccno4)c3)o2)n[nH]1. The Bertz CT molecular complexity index is 1220. The zero-order valence-corrected chi connectivity index (χ0v) is 14.4. The van der Waals surface area contributed by atoms with E-state index in [4.69, 9.17) is 8.94 Å². The van der Waals surface area contributed by atoms with Gasteiger partial charge in [0.15, 0.2) is 11.5 Å². The number of furan rings is 1. The third-order valence-electron chi connectivity index (χ3n) is 3.61. The summed E-state index contributed by atoms with van der Waals surface area (Å²) < 4.78 is 38.1. The van der Waals surface area contributed by atoms with E-state index in [9.17, 15) is 13.2 Å². The Morgan fingerprint density at radius 3 is 2.63 bits per heavy atom. The van der Waals surface area contributed by atoms with E-state index in [1.54, 1.807) is 30.3 Å². The number of nitrogens with zero attached hydrogens (tertiary/aromatic N) is 2. The summed E-state index contributed by atoms with van der Waals surface area (Å²) in [6, 6.07) is 13.8. The molecular formula is C17H12N4O5S. The molecule has 9 nitrogen and oxygen atoms in total. The molecule has 10 heteroatoms. The third kappa shape index (κ3) is 3.51. The van der Waals surface area contributed by atoms with E-state index in [0.29, 0.717) is 22.7 Å². The van der Waals surface area contributed by atoms with Gasteiger partial charge in [0.2, 0.25) is 5.09 Å². The summed E-state index contributed by atoms with van der Waals surface area (Å²) in [5.41, 5.74) is 0.948. The van der Waals surface area contributed by atoms with Gasteiger partial charge >= 0.3 is 0 Å². The van der Waals surface area contributed by atoms with Crippen molar-refractivity contribution in [3.8, 4) is 22.8 Å². The number of hydrogen-bond acceptors (Lipinski definition) is 7. The molecule has 0 aliphatic rings. The fourth-order valence-electron chi connectivity index (χ4n) is 2.39. The normalized spacial score (nSPS) is 11.4. The highest BCUT2D eigenvalue weighted by Crippen LogP contribution is 2.26. The molecule has 0 aliphatic heterocycles. The van der Waals surface area contributed by atoms with Crippen molar-refractivity contribution >= 4 is 15.7 Å². The molecule has 0 bridgehead atoms. The maximum Gasteiger partial charge on any atom is 0.295 e. The Labute approximate surface area is 152 Å². The highest BCUT2D eigenvalue weighted by molar-refractivity contribution is 7.92. The highest BCUT2D eigenvalue weighted by Gasteiger charge is 2.20. The number of hydrogen-bond donors (Lipinski definition) is 2. The summed E-state index contributed by atoms with van der Waals surface area (Å²) in [5.74, 6) is 0.725. The maximum absolute atomic E-state index is 12.6. The van der Waals surface area contributed by atoms with E-state index in [1.807, 2.05) is 0 Å². The molecule has 0 spiro atoms.